The zero-order valence-corrected chi connectivity index (χ0v) is 14.2. The lowest BCUT2D eigenvalue weighted by atomic mass is 10.1. The molecule has 0 saturated carbocycles. The Bertz CT molecular complexity index is 1070. The normalized spacial score (nSPS) is 10.6. The summed E-state index contributed by atoms with van der Waals surface area (Å²) < 4.78 is 19.3. The second-order valence-electron chi connectivity index (χ2n) is 5.92. The molecule has 4 rings (SSSR count). The molecule has 0 unspecified atom stereocenters. The van der Waals surface area contributed by atoms with E-state index in [1.165, 1.54) is 12.1 Å². The standard InChI is InChI=1S/C22H15FN2O2/c23-19-9-5-4-8-18(19)21(26)24-17-12-10-16(11-13-17)22-25-20(14-27-22)15-6-2-1-3-7-15/h1-14H,(H,24,26). The van der Waals surface area contributed by atoms with Gasteiger partial charge in [0.1, 0.15) is 17.8 Å². The summed E-state index contributed by atoms with van der Waals surface area (Å²) in [6.45, 7) is 0. The molecule has 4 nitrogen and oxygen atoms in total. The molecule has 0 fully saturated rings. The summed E-state index contributed by atoms with van der Waals surface area (Å²) in [5.74, 6) is -0.566. The summed E-state index contributed by atoms with van der Waals surface area (Å²) in [4.78, 5) is 16.7. The van der Waals surface area contributed by atoms with Crippen molar-refractivity contribution in [1.29, 1.82) is 0 Å². The van der Waals surface area contributed by atoms with E-state index in [0.717, 1.165) is 16.8 Å². The van der Waals surface area contributed by atoms with Gasteiger partial charge in [-0.3, -0.25) is 4.79 Å². The third kappa shape index (κ3) is 3.62. The van der Waals surface area contributed by atoms with Crippen LogP contribution in [0.5, 0.6) is 0 Å². The van der Waals surface area contributed by atoms with Crippen LogP contribution in [0.25, 0.3) is 22.7 Å². The lowest BCUT2D eigenvalue weighted by Crippen LogP contribution is -2.13. The average molecular weight is 358 g/mol. The number of hydrogen-bond donors (Lipinski definition) is 1. The maximum absolute atomic E-state index is 13.7. The van der Waals surface area contributed by atoms with Crippen molar-refractivity contribution in [3.63, 3.8) is 0 Å². The molecule has 0 bridgehead atoms. The molecule has 0 aliphatic rings. The van der Waals surface area contributed by atoms with Gasteiger partial charge in [0.25, 0.3) is 5.91 Å². The van der Waals surface area contributed by atoms with Crippen molar-refractivity contribution in [2.75, 3.05) is 5.32 Å². The van der Waals surface area contributed by atoms with Crippen molar-refractivity contribution < 1.29 is 13.6 Å². The molecule has 27 heavy (non-hydrogen) atoms. The van der Waals surface area contributed by atoms with E-state index < -0.39 is 11.7 Å². The van der Waals surface area contributed by atoms with Gasteiger partial charge in [0.15, 0.2) is 0 Å². The Kier molecular flexibility index (Phi) is 4.49. The highest BCUT2D eigenvalue weighted by Crippen LogP contribution is 2.25. The van der Waals surface area contributed by atoms with Crippen LogP contribution in [-0.2, 0) is 0 Å². The van der Waals surface area contributed by atoms with E-state index in [9.17, 15) is 9.18 Å². The minimum Gasteiger partial charge on any atom is -0.444 e. The van der Waals surface area contributed by atoms with Crippen molar-refractivity contribution >= 4 is 11.6 Å². The number of benzene rings is 3. The first-order chi connectivity index (χ1) is 13.2. The molecule has 3 aromatic carbocycles. The predicted molar refractivity (Wildman–Crippen MR) is 102 cm³/mol. The molecule has 1 amide bonds. The number of carbonyl (C=O) groups is 1. The maximum Gasteiger partial charge on any atom is 0.258 e. The van der Waals surface area contributed by atoms with Gasteiger partial charge in [-0.2, -0.15) is 0 Å². The Labute approximate surface area is 155 Å². The molecule has 0 aliphatic carbocycles. The van der Waals surface area contributed by atoms with Crippen LogP contribution < -0.4 is 5.32 Å². The van der Waals surface area contributed by atoms with Crippen molar-refractivity contribution in [1.82, 2.24) is 4.98 Å². The Morgan fingerprint density at radius 2 is 1.56 bits per heavy atom. The highest BCUT2D eigenvalue weighted by molar-refractivity contribution is 6.04. The number of anilines is 1. The van der Waals surface area contributed by atoms with Gasteiger partial charge in [0.2, 0.25) is 5.89 Å². The van der Waals surface area contributed by atoms with E-state index in [1.54, 1.807) is 42.7 Å². The molecule has 1 heterocycles. The summed E-state index contributed by atoms with van der Waals surface area (Å²) in [5, 5.41) is 2.68. The van der Waals surface area contributed by atoms with Gasteiger partial charge in [-0.25, -0.2) is 9.37 Å². The van der Waals surface area contributed by atoms with E-state index in [0.29, 0.717) is 11.6 Å². The number of rotatable bonds is 4. The molecular formula is C22H15FN2O2. The third-order valence-electron chi connectivity index (χ3n) is 4.08. The zero-order chi connectivity index (χ0) is 18.6. The van der Waals surface area contributed by atoms with Crippen LogP contribution >= 0.6 is 0 Å². The molecule has 0 atom stereocenters. The Hall–Kier alpha value is -3.73. The van der Waals surface area contributed by atoms with E-state index in [4.69, 9.17) is 4.42 Å². The third-order valence-corrected chi connectivity index (χ3v) is 4.08. The van der Waals surface area contributed by atoms with Crippen molar-refractivity contribution in [3.8, 4) is 22.7 Å². The molecule has 0 saturated heterocycles. The molecule has 1 N–H and O–H groups in total. The van der Waals surface area contributed by atoms with E-state index in [-0.39, 0.29) is 5.56 Å². The molecule has 0 spiro atoms. The molecule has 0 radical (unpaired) electrons. The van der Waals surface area contributed by atoms with Crippen LogP contribution in [0.2, 0.25) is 0 Å². The Morgan fingerprint density at radius 3 is 2.30 bits per heavy atom. The number of hydrogen-bond acceptors (Lipinski definition) is 3. The number of oxazole rings is 1. The van der Waals surface area contributed by atoms with E-state index in [2.05, 4.69) is 10.3 Å². The Balaban J connectivity index is 1.50. The largest absolute Gasteiger partial charge is 0.444 e. The van der Waals surface area contributed by atoms with Gasteiger partial charge in [0, 0.05) is 16.8 Å². The van der Waals surface area contributed by atoms with Crippen LogP contribution in [0.15, 0.2) is 89.5 Å². The minimum atomic E-state index is -0.556. The molecule has 1 aromatic heterocycles. The molecule has 4 aromatic rings. The Morgan fingerprint density at radius 1 is 0.852 bits per heavy atom. The van der Waals surface area contributed by atoms with Crippen LogP contribution in [0.4, 0.5) is 10.1 Å². The van der Waals surface area contributed by atoms with Gasteiger partial charge >= 0.3 is 0 Å². The fourth-order valence-corrected chi connectivity index (χ4v) is 2.69. The topological polar surface area (TPSA) is 55.1 Å². The smallest absolute Gasteiger partial charge is 0.258 e. The lowest BCUT2D eigenvalue weighted by molar-refractivity contribution is 0.102. The van der Waals surface area contributed by atoms with Crippen LogP contribution in [0.3, 0.4) is 0 Å². The molecule has 0 aliphatic heterocycles. The number of amides is 1. The van der Waals surface area contributed by atoms with Crippen molar-refractivity contribution in [2.45, 2.75) is 0 Å². The van der Waals surface area contributed by atoms with E-state index >= 15 is 0 Å². The first-order valence-electron chi connectivity index (χ1n) is 8.38. The number of nitrogens with zero attached hydrogens (tertiary/aromatic N) is 1. The summed E-state index contributed by atoms with van der Waals surface area (Å²) >= 11 is 0. The summed E-state index contributed by atoms with van der Waals surface area (Å²) in [6, 6.07) is 22.6. The fourth-order valence-electron chi connectivity index (χ4n) is 2.69. The van der Waals surface area contributed by atoms with Crippen LogP contribution in [0, 0.1) is 5.82 Å². The van der Waals surface area contributed by atoms with Crippen molar-refractivity contribution in [2.24, 2.45) is 0 Å². The van der Waals surface area contributed by atoms with Crippen LogP contribution in [0.1, 0.15) is 10.4 Å². The maximum atomic E-state index is 13.7. The monoisotopic (exact) mass is 358 g/mol. The SMILES string of the molecule is O=C(Nc1ccc(-c2nc(-c3ccccc3)co2)cc1)c1ccccc1F. The summed E-state index contributed by atoms with van der Waals surface area (Å²) in [7, 11) is 0. The lowest BCUT2D eigenvalue weighted by Gasteiger charge is -2.06. The zero-order valence-electron chi connectivity index (χ0n) is 14.2. The van der Waals surface area contributed by atoms with E-state index in [1.807, 2.05) is 30.3 Å². The predicted octanol–water partition coefficient (Wildman–Crippen LogP) is 5.40. The second kappa shape index (κ2) is 7.25. The van der Waals surface area contributed by atoms with Gasteiger partial charge in [-0.15, -0.1) is 0 Å². The first kappa shape index (κ1) is 16.7. The number of halogens is 1. The number of nitrogens with one attached hydrogen (secondary N) is 1. The number of carbonyl (C=O) groups excluding carboxylic acids is 1. The fraction of sp³-hybridized carbons (Fsp3) is 0. The quantitative estimate of drug-likeness (QED) is 0.531. The highest BCUT2D eigenvalue weighted by atomic mass is 19.1. The van der Waals surface area contributed by atoms with Crippen LogP contribution in [-0.4, -0.2) is 10.9 Å². The average Bonchev–Trinajstić information content (AvgIpc) is 3.20. The summed E-state index contributed by atoms with van der Waals surface area (Å²) in [6.07, 6.45) is 1.61. The highest BCUT2D eigenvalue weighted by Gasteiger charge is 2.12. The molecular weight excluding hydrogens is 343 g/mol. The van der Waals surface area contributed by atoms with Gasteiger partial charge < -0.3 is 9.73 Å². The second-order valence-corrected chi connectivity index (χ2v) is 5.92. The van der Waals surface area contributed by atoms with Gasteiger partial charge in [-0.05, 0) is 36.4 Å². The van der Waals surface area contributed by atoms with Gasteiger partial charge in [0.05, 0.1) is 5.56 Å². The van der Waals surface area contributed by atoms with Crippen molar-refractivity contribution in [3.05, 3.63) is 96.5 Å². The number of aromatic nitrogens is 1. The van der Waals surface area contributed by atoms with Gasteiger partial charge in [-0.1, -0.05) is 42.5 Å². The summed E-state index contributed by atoms with van der Waals surface area (Å²) in [5.41, 5.74) is 3.06. The first-order valence-corrected chi connectivity index (χ1v) is 8.38. The molecule has 132 valence electrons. The molecule has 5 heteroatoms. The minimum absolute atomic E-state index is 0.00165.